The first kappa shape index (κ1) is 9.22. The molecule has 0 unspecified atom stereocenters. The highest BCUT2D eigenvalue weighted by atomic mass is 16.5. The van der Waals surface area contributed by atoms with Gasteiger partial charge in [0.2, 0.25) is 0 Å². The molecule has 1 aliphatic heterocycles. The van der Waals surface area contributed by atoms with Crippen molar-refractivity contribution in [2.45, 2.75) is 6.42 Å². The molecular weight excluding hydrogens is 196 g/mol. The number of hydrogen-bond acceptors (Lipinski definition) is 1. The average molecular weight is 207 g/mol. The van der Waals surface area contributed by atoms with E-state index in [1.165, 1.54) is 5.39 Å². The van der Waals surface area contributed by atoms with Gasteiger partial charge in [0, 0.05) is 11.6 Å². The van der Waals surface area contributed by atoms with Crippen LogP contribution in [0.2, 0.25) is 0 Å². The molecule has 2 aromatic rings. The van der Waals surface area contributed by atoms with Crippen LogP contribution in [0.15, 0.2) is 54.8 Å². The van der Waals surface area contributed by atoms with Crippen LogP contribution in [0, 0.1) is 6.07 Å². The van der Waals surface area contributed by atoms with Crippen LogP contribution in [-0.4, -0.2) is 0 Å². The monoisotopic (exact) mass is 207 g/mol. The topological polar surface area (TPSA) is 9.23 Å². The lowest BCUT2D eigenvalue weighted by Crippen LogP contribution is -1.90. The number of rotatable bonds is 1. The predicted molar refractivity (Wildman–Crippen MR) is 65.6 cm³/mol. The number of benzene rings is 2. The van der Waals surface area contributed by atoms with Gasteiger partial charge in [-0.15, -0.1) is 0 Å². The van der Waals surface area contributed by atoms with Crippen molar-refractivity contribution in [2.75, 3.05) is 0 Å². The Hall–Kier alpha value is -2.02. The Balaban J connectivity index is 2.08. The van der Waals surface area contributed by atoms with E-state index in [0.717, 1.165) is 23.1 Å². The molecule has 3 rings (SSSR count). The van der Waals surface area contributed by atoms with Crippen LogP contribution in [0.25, 0.3) is 16.5 Å². The highest BCUT2D eigenvalue weighted by Crippen LogP contribution is 2.23. The second-order valence-corrected chi connectivity index (χ2v) is 3.75. The summed E-state index contributed by atoms with van der Waals surface area (Å²) in [5.41, 5.74) is 1.02. The van der Waals surface area contributed by atoms with Gasteiger partial charge in [0.15, 0.2) is 0 Å². The Bertz CT molecular complexity index is 579. The average Bonchev–Trinajstić information content (AvgIpc) is 2.39. The molecule has 0 saturated heterocycles. The van der Waals surface area contributed by atoms with Gasteiger partial charge >= 0.3 is 0 Å². The molecule has 0 N–H and O–H groups in total. The summed E-state index contributed by atoms with van der Waals surface area (Å²) in [6.07, 6.45) is 6.72. The summed E-state index contributed by atoms with van der Waals surface area (Å²) in [6.45, 7) is 0. The maximum atomic E-state index is 5.46. The summed E-state index contributed by atoms with van der Waals surface area (Å²) in [5, 5.41) is 2.33. The van der Waals surface area contributed by atoms with Crippen LogP contribution < -0.4 is 0 Å². The molecule has 1 heterocycles. The SMILES string of the molecule is [c]1c(C2=CCC=CO2)ccc2ccccc12. The first-order chi connectivity index (χ1) is 7.93. The minimum Gasteiger partial charge on any atom is -0.465 e. The lowest BCUT2D eigenvalue weighted by Gasteiger charge is -2.10. The Morgan fingerprint density at radius 1 is 1.06 bits per heavy atom. The molecule has 0 aromatic heterocycles. The van der Waals surface area contributed by atoms with Crippen molar-refractivity contribution in [2.24, 2.45) is 0 Å². The van der Waals surface area contributed by atoms with Crippen LogP contribution >= 0.6 is 0 Å². The standard InChI is InChI=1S/C15H11O/c1-2-6-13-11-14(9-8-12(13)5-1)15-7-3-4-10-16-15/h1-2,4-10H,3H2. The highest BCUT2D eigenvalue weighted by Gasteiger charge is 2.05. The minimum absolute atomic E-state index is 0.897. The normalized spacial score (nSPS) is 14.6. The molecule has 1 radical (unpaired) electrons. The third kappa shape index (κ3) is 1.61. The van der Waals surface area contributed by atoms with Gasteiger partial charge < -0.3 is 4.74 Å². The van der Waals surface area contributed by atoms with Gasteiger partial charge in [-0.1, -0.05) is 30.3 Å². The molecule has 0 amide bonds. The largest absolute Gasteiger partial charge is 0.465 e. The fraction of sp³-hybridized carbons (Fsp3) is 0.0667. The highest BCUT2D eigenvalue weighted by molar-refractivity contribution is 5.84. The van der Waals surface area contributed by atoms with Gasteiger partial charge in [-0.2, -0.15) is 0 Å². The summed E-state index contributed by atoms with van der Waals surface area (Å²) in [6, 6.07) is 15.7. The second-order valence-electron chi connectivity index (χ2n) is 3.75. The van der Waals surface area contributed by atoms with E-state index in [1.54, 1.807) is 6.26 Å². The summed E-state index contributed by atoms with van der Waals surface area (Å²) in [4.78, 5) is 0. The minimum atomic E-state index is 0.897. The van der Waals surface area contributed by atoms with Gasteiger partial charge in [-0.25, -0.2) is 0 Å². The molecular formula is C15H11O. The van der Waals surface area contributed by atoms with Gasteiger partial charge in [-0.05, 0) is 35.4 Å². The van der Waals surface area contributed by atoms with Crippen LogP contribution in [0.5, 0.6) is 0 Å². The van der Waals surface area contributed by atoms with Crippen LogP contribution in [0.3, 0.4) is 0 Å². The fourth-order valence-electron chi connectivity index (χ4n) is 1.83. The number of fused-ring (bicyclic) bond motifs is 1. The zero-order valence-electron chi connectivity index (χ0n) is 8.81. The van der Waals surface area contributed by atoms with E-state index in [4.69, 9.17) is 4.74 Å². The lowest BCUT2D eigenvalue weighted by atomic mass is 10.1. The van der Waals surface area contributed by atoms with E-state index in [-0.39, 0.29) is 0 Å². The maximum Gasteiger partial charge on any atom is 0.130 e. The number of hydrogen-bond donors (Lipinski definition) is 0. The first-order valence-electron chi connectivity index (χ1n) is 5.37. The molecule has 0 spiro atoms. The van der Waals surface area contributed by atoms with E-state index < -0.39 is 0 Å². The third-order valence-electron chi connectivity index (χ3n) is 2.66. The van der Waals surface area contributed by atoms with E-state index in [1.807, 2.05) is 24.3 Å². The van der Waals surface area contributed by atoms with Crippen molar-refractivity contribution in [3.05, 3.63) is 66.4 Å². The lowest BCUT2D eigenvalue weighted by molar-refractivity contribution is 0.427. The third-order valence-corrected chi connectivity index (χ3v) is 2.66. The molecule has 0 bridgehead atoms. The summed E-state index contributed by atoms with van der Waals surface area (Å²) in [7, 11) is 0. The molecule has 0 aliphatic carbocycles. The van der Waals surface area contributed by atoms with Crippen LogP contribution in [0.4, 0.5) is 0 Å². The molecule has 16 heavy (non-hydrogen) atoms. The molecule has 1 aliphatic rings. The van der Waals surface area contributed by atoms with E-state index in [9.17, 15) is 0 Å². The molecule has 2 aromatic carbocycles. The number of ether oxygens (including phenoxy) is 1. The van der Waals surface area contributed by atoms with E-state index in [0.29, 0.717) is 0 Å². The zero-order valence-corrected chi connectivity index (χ0v) is 8.81. The van der Waals surface area contributed by atoms with Crippen LogP contribution in [0.1, 0.15) is 12.0 Å². The molecule has 0 saturated carbocycles. The van der Waals surface area contributed by atoms with Gasteiger partial charge in [0.05, 0.1) is 6.26 Å². The van der Waals surface area contributed by atoms with Crippen molar-refractivity contribution in [1.29, 1.82) is 0 Å². The molecule has 0 fully saturated rings. The summed E-state index contributed by atoms with van der Waals surface area (Å²) < 4.78 is 5.46. The van der Waals surface area contributed by atoms with E-state index >= 15 is 0 Å². The van der Waals surface area contributed by atoms with E-state index in [2.05, 4.69) is 30.3 Å². The molecule has 1 nitrogen and oxygen atoms in total. The second kappa shape index (κ2) is 3.86. The Kier molecular flexibility index (Phi) is 2.22. The van der Waals surface area contributed by atoms with Crippen molar-refractivity contribution in [3.8, 4) is 0 Å². The first-order valence-corrected chi connectivity index (χ1v) is 5.37. The quantitative estimate of drug-likeness (QED) is 0.688. The number of allylic oxidation sites excluding steroid dienone is 2. The Labute approximate surface area is 94.7 Å². The van der Waals surface area contributed by atoms with Crippen molar-refractivity contribution in [1.82, 2.24) is 0 Å². The van der Waals surface area contributed by atoms with Crippen LogP contribution in [-0.2, 0) is 4.74 Å². The Morgan fingerprint density at radius 3 is 2.88 bits per heavy atom. The van der Waals surface area contributed by atoms with Crippen molar-refractivity contribution in [3.63, 3.8) is 0 Å². The smallest absolute Gasteiger partial charge is 0.130 e. The molecule has 1 heteroatoms. The van der Waals surface area contributed by atoms with Crippen molar-refractivity contribution < 1.29 is 4.74 Å². The van der Waals surface area contributed by atoms with Gasteiger partial charge in [0.1, 0.15) is 5.76 Å². The summed E-state index contributed by atoms with van der Waals surface area (Å²) in [5.74, 6) is 0.897. The molecule has 77 valence electrons. The predicted octanol–water partition coefficient (Wildman–Crippen LogP) is 3.91. The van der Waals surface area contributed by atoms with Gasteiger partial charge in [-0.3, -0.25) is 0 Å². The van der Waals surface area contributed by atoms with Crippen molar-refractivity contribution >= 4 is 16.5 Å². The summed E-state index contributed by atoms with van der Waals surface area (Å²) >= 11 is 0. The Morgan fingerprint density at radius 2 is 2.00 bits per heavy atom. The maximum absolute atomic E-state index is 5.46. The zero-order chi connectivity index (χ0) is 10.8. The molecule has 0 atom stereocenters. The fourth-order valence-corrected chi connectivity index (χ4v) is 1.83. The van der Waals surface area contributed by atoms with Gasteiger partial charge in [0.25, 0.3) is 0 Å².